The lowest BCUT2D eigenvalue weighted by atomic mass is 9.93. The molecule has 8 heteroatoms. The number of rotatable bonds is 6. The van der Waals surface area contributed by atoms with Crippen molar-refractivity contribution in [3.05, 3.63) is 78.1 Å². The molecule has 1 aromatic heterocycles. The molecule has 39 heavy (non-hydrogen) atoms. The maximum atomic E-state index is 13.9. The van der Waals surface area contributed by atoms with Gasteiger partial charge in [0.2, 0.25) is 5.88 Å². The van der Waals surface area contributed by atoms with Crippen molar-refractivity contribution in [3.63, 3.8) is 0 Å². The Hall–Kier alpha value is -4.04. The molecule has 0 spiro atoms. The van der Waals surface area contributed by atoms with E-state index in [1.54, 1.807) is 26.5 Å². The number of nitrogens with one attached hydrogen (secondary N) is 1. The highest BCUT2D eigenvalue weighted by Crippen LogP contribution is 2.34. The van der Waals surface area contributed by atoms with Crippen LogP contribution < -0.4 is 15.4 Å². The summed E-state index contributed by atoms with van der Waals surface area (Å²) in [5, 5.41) is 4.36. The monoisotopic (exact) mass is 525 g/mol. The van der Waals surface area contributed by atoms with Crippen molar-refractivity contribution in [2.24, 2.45) is 4.99 Å². The van der Waals surface area contributed by atoms with Gasteiger partial charge in [0.05, 0.1) is 52.7 Å². The lowest BCUT2D eigenvalue weighted by Crippen LogP contribution is -2.25. The van der Waals surface area contributed by atoms with Gasteiger partial charge < -0.3 is 19.4 Å². The second-order valence-corrected chi connectivity index (χ2v) is 10.0. The molecule has 1 saturated carbocycles. The van der Waals surface area contributed by atoms with Crippen molar-refractivity contribution >= 4 is 28.1 Å². The molecule has 0 unspecified atom stereocenters. The molecule has 200 valence electrons. The Morgan fingerprint density at radius 3 is 2.59 bits per heavy atom. The molecule has 0 amide bonds. The summed E-state index contributed by atoms with van der Waals surface area (Å²) in [4.78, 5) is 14.6. The first-order valence-corrected chi connectivity index (χ1v) is 13.5. The summed E-state index contributed by atoms with van der Waals surface area (Å²) in [6.07, 6.45) is 10.4. The Morgan fingerprint density at radius 2 is 1.82 bits per heavy atom. The molecule has 2 aromatic rings. The Labute approximate surface area is 227 Å². The number of benzene rings is 2. The van der Waals surface area contributed by atoms with Crippen molar-refractivity contribution in [3.8, 4) is 17.3 Å². The lowest BCUT2D eigenvalue weighted by Gasteiger charge is -2.26. The topological polar surface area (TPSA) is 73.6 Å². The predicted molar refractivity (Wildman–Crippen MR) is 152 cm³/mol. The first-order chi connectivity index (χ1) is 19.1. The SMILES string of the molecule is COc1ncccc1Nc1cc2nc3ccccc3n(C3=CC=C(F)CC3)c-2cc1=NC1CCC(OC)CC1. The van der Waals surface area contributed by atoms with Crippen LogP contribution in [-0.4, -0.2) is 40.9 Å². The number of allylic oxidation sites excluding steroid dienone is 4. The average molecular weight is 526 g/mol. The van der Waals surface area contributed by atoms with E-state index in [0.717, 1.165) is 70.5 Å². The number of ether oxygens (including phenoxy) is 2. The molecular formula is C31H32FN5O2. The van der Waals surface area contributed by atoms with Gasteiger partial charge in [0.25, 0.3) is 0 Å². The molecule has 4 aliphatic rings. The largest absolute Gasteiger partial charge is 0.480 e. The molecule has 0 bridgehead atoms. The number of fused-ring (bicyclic) bond motifs is 2. The van der Waals surface area contributed by atoms with Crippen molar-refractivity contribution in [2.45, 2.75) is 50.7 Å². The number of aromatic nitrogens is 3. The van der Waals surface area contributed by atoms with Gasteiger partial charge in [0.1, 0.15) is 11.5 Å². The smallest absolute Gasteiger partial charge is 0.237 e. The van der Waals surface area contributed by atoms with Gasteiger partial charge in [0, 0.05) is 25.4 Å². The van der Waals surface area contributed by atoms with Crippen LogP contribution in [0.1, 0.15) is 38.5 Å². The molecule has 0 saturated heterocycles. The van der Waals surface area contributed by atoms with Crippen LogP contribution in [0.15, 0.2) is 77.7 Å². The molecule has 6 rings (SSSR count). The van der Waals surface area contributed by atoms with Gasteiger partial charge in [-0.15, -0.1) is 0 Å². The highest BCUT2D eigenvalue weighted by Gasteiger charge is 2.22. The molecule has 1 N–H and O–H groups in total. The minimum atomic E-state index is -0.0960. The summed E-state index contributed by atoms with van der Waals surface area (Å²) in [5.74, 6) is 0.410. The number of hydrogen-bond donors (Lipinski definition) is 1. The molecule has 0 atom stereocenters. The lowest BCUT2D eigenvalue weighted by molar-refractivity contribution is 0.0663. The summed E-state index contributed by atoms with van der Waals surface area (Å²) in [6.45, 7) is 0. The third-order valence-electron chi connectivity index (χ3n) is 7.59. The first kappa shape index (κ1) is 25.2. The number of hydrogen-bond acceptors (Lipinski definition) is 6. The molecule has 0 radical (unpaired) electrons. The first-order valence-electron chi connectivity index (χ1n) is 13.5. The summed E-state index contributed by atoms with van der Waals surface area (Å²) >= 11 is 0. The summed E-state index contributed by atoms with van der Waals surface area (Å²) in [6, 6.07) is 16.2. The zero-order chi connectivity index (χ0) is 26.8. The number of anilines is 2. The zero-order valence-corrected chi connectivity index (χ0v) is 22.2. The van der Waals surface area contributed by atoms with E-state index in [0.29, 0.717) is 24.8 Å². The van der Waals surface area contributed by atoms with Gasteiger partial charge in [-0.3, -0.25) is 4.99 Å². The maximum absolute atomic E-state index is 13.9. The van der Waals surface area contributed by atoms with Crippen molar-refractivity contribution in [2.75, 3.05) is 19.5 Å². The minimum Gasteiger partial charge on any atom is -0.480 e. The highest BCUT2D eigenvalue weighted by molar-refractivity contribution is 5.86. The van der Waals surface area contributed by atoms with Crippen LogP contribution in [0.2, 0.25) is 0 Å². The number of methoxy groups -OCH3 is 2. The molecule has 1 fully saturated rings. The van der Waals surface area contributed by atoms with Crippen LogP contribution in [0.4, 0.5) is 15.8 Å². The highest BCUT2D eigenvalue weighted by atomic mass is 19.1. The van der Waals surface area contributed by atoms with E-state index in [9.17, 15) is 4.39 Å². The fourth-order valence-electron chi connectivity index (χ4n) is 5.55. The van der Waals surface area contributed by atoms with Crippen LogP contribution >= 0.6 is 0 Å². The molecule has 2 heterocycles. The van der Waals surface area contributed by atoms with E-state index in [1.165, 1.54) is 0 Å². The standard InChI is InChI=1S/C31H32FN5O2/c1-38-23-15-11-21(12-16-23)34-27-19-30-28(18-26(27)36-25-7-5-17-33-31(25)39-2)35-24-6-3-4-8-29(24)37(30)22-13-9-20(32)10-14-22/h3-9,13,17-19,21,23,36H,10-12,14-16H2,1-2H3. The van der Waals surface area contributed by atoms with Gasteiger partial charge in [-0.1, -0.05) is 12.1 Å². The van der Waals surface area contributed by atoms with Gasteiger partial charge in [-0.05, 0) is 80.7 Å². The Morgan fingerprint density at radius 1 is 0.974 bits per heavy atom. The third kappa shape index (κ3) is 5.16. The quantitative estimate of drug-likeness (QED) is 0.286. The molecule has 1 aromatic carbocycles. The van der Waals surface area contributed by atoms with Gasteiger partial charge in [-0.2, -0.15) is 0 Å². The van der Waals surface area contributed by atoms with E-state index >= 15 is 0 Å². The van der Waals surface area contributed by atoms with Crippen LogP contribution in [0, 0.1) is 0 Å². The minimum absolute atomic E-state index is 0.0960. The Balaban J connectivity index is 1.57. The van der Waals surface area contributed by atoms with E-state index < -0.39 is 0 Å². The predicted octanol–water partition coefficient (Wildman–Crippen LogP) is 6.63. The number of para-hydroxylation sites is 2. The van der Waals surface area contributed by atoms with Crippen molar-refractivity contribution in [1.82, 2.24) is 14.5 Å². The molecule has 3 aliphatic carbocycles. The number of pyridine rings is 1. The second kappa shape index (κ2) is 11.0. The van der Waals surface area contributed by atoms with Crippen LogP contribution in [0.3, 0.4) is 0 Å². The van der Waals surface area contributed by atoms with Gasteiger partial charge in [0.15, 0.2) is 0 Å². The molecule has 1 aliphatic heterocycles. The fourth-order valence-corrected chi connectivity index (χ4v) is 5.55. The fraction of sp³-hybridized carbons (Fsp3) is 0.323. The van der Waals surface area contributed by atoms with Crippen LogP contribution in [0.25, 0.3) is 28.1 Å². The van der Waals surface area contributed by atoms with Crippen LogP contribution in [0.5, 0.6) is 5.88 Å². The van der Waals surface area contributed by atoms with Gasteiger partial charge >= 0.3 is 0 Å². The summed E-state index contributed by atoms with van der Waals surface area (Å²) in [7, 11) is 3.39. The van der Waals surface area contributed by atoms with E-state index in [1.807, 2.05) is 42.5 Å². The summed E-state index contributed by atoms with van der Waals surface area (Å²) < 4.78 is 27.2. The maximum Gasteiger partial charge on any atom is 0.237 e. The Kier molecular flexibility index (Phi) is 7.11. The number of nitrogens with zero attached hydrogens (tertiary/aromatic N) is 4. The van der Waals surface area contributed by atoms with E-state index in [4.69, 9.17) is 19.5 Å². The Bertz CT molecular complexity index is 1600. The zero-order valence-electron chi connectivity index (χ0n) is 22.2. The van der Waals surface area contributed by atoms with Crippen LogP contribution in [-0.2, 0) is 4.74 Å². The normalized spacial score (nSPS) is 20.1. The third-order valence-corrected chi connectivity index (χ3v) is 7.59. The molecule has 7 nitrogen and oxygen atoms in total. The summed E-state index contributed by atoms with van der Waals surface area (Å²) in [5.41, 5.74) is 6.21. The number of halogens is 1. The second-order valence-electron chi connectivity index (χ2n) is 10.0. The van der Waals surface area contributed by atoms with E-state index in [-0.39, 0.29) is 11.9 Å². The molecular weight excluding hydrogens is 493 g/mol. The average Bonchev–Trinajstić information content (AvgIpc) is 2.97. The van der Waals surface area contributed by atoms with Crippen molar-refractivity contribution < 1.29 is 13.9 Å². The van der Waals surface area contributed by atoms with Gasteiger partial charge in [-0.25, -0.2) is 14.4 Å². The van der Waals surface area contributed by atoms with Crippen molar-refractivity contribution in [1.29, 1.82) is 0 Å². The van der Waals surface area contributed by atoms with E-state index in [2.05, 4.69) is 27.0 Å².